The molecule has 1 amide bonds. The highest BCUT2D eigenvalue weighted by molar-refractivity contribution is 5.77. The number of nitrogens with one attached hydrogen (secondary N) is 1. The summed E-state index contributed by atoms with van der Waals surface area (Å²) in [6.07, 6.45) is 0.953. The van der Waals surface area contributed by atoms with Gasteiger partial charge in [-0.25, -0.2) is 0 Å². The molecule has 0 bridgehead atoms. The predicted octanol–water partition coefficient (Wildman–Crippen LogP) is 1.83. The van der Waals surface area contributed by atoms with E-state index in [0.29, 0.717) is 6.54 Å². The number of rotatable bonds is 7. The van der Waals surface area contributed by atoms with Crippen LogP contribution in [0, 0.1) is 20.8 Å². The van der Waals surface area contributed by atoms with Crippen molar-refractivity contribution in [3.8, 4) is 5.75 Å². The van der Waals surface area contributed by atoms with Crippen LogP contribution in [0.25, 0.3) is 0 Å². The average Bonchev–Trinajstić information content (AvgIpc) is 2.51. The Balaban J connectivity index is 1.65. The molecular formula is C18H28N2O3. The fourth-order valence-electron chi connectivity index (χ4n) is 2.94. The Labute approximate surface area is 139 Å². The van der Waals surface area contributed by atoms with Gasteiger partial charge in [0, 0.05) is 19.6 Å². The third-order valence-corrected chi connectivity index (χ3v) is 4.03. The van der Waals surface area contributed by atoms with E-state index < -0.39 is 0 Å². The monoisotopic (exact) mass is 320 g/mol. The van der Waals surface area contributed by atoms with Gasteiger partial charge in [0.05, 0.1) is 13.2 Å². The Morgan fingerprint density at radius 1 is 1.22 bits per heavy atom. The summed E-state index contributed by atoms with van der Waals surface area (Å²) in [5.41, 5.74) is 3.35. The molecule has 0 radical (unpaired) electrons. The van der Waals surface area contributed by atoms with E-state index >= 15 is 0 Å². The second-order valence-corrected chi connectivity index (χ2v) is 6.17. The highest BCUT2D eigenvalue weighted by atomic mass is 16.5. The largest absolute Gasteiger partial charge is 0.483 e. The van der Waals surface area contributed by atoms with Crippen molar-refractivity contribution in [3.05, 3.63) is 28.8 Å². The molecule has 0 unspecified atom stereocenters. The molecule has 0 aliphatic carbocycles. The Hall–Kier alpha value is -1.59. The number of amides is 1. The van der Waals surface area contributed by atoms with Crippen LogP contribution >= 0.6 is 0 Å². The molecule has 1 aliphatic heterocycles. The van der Waals surface area contributed by atoms with E-state index in [9.17, 15) is 4.79 Å². The van der Waals surface area contributed by atoms with Crippen LogP contribution in [0.4, 0.5) is 0 Å². The van der Waals surface area contributed by atoms with E-state index in [1.165, 1.54) is 5.56 Å². The lowest BCUT2D eigenvalue weighted by molar-refractivity contribution is -0.123. The number of hydrogen-bond donors (Lipinski definition) is 1. The lowest BCUT2D eigenvalue weighted by Gasteiger charge is -2.26. The summed E-state index contributed by atoms with van der Waals surface area (Å²) in [6.45, 7) is 11.4. The second-order valence-electron chi connectivity index (χ2n) is 6.17. The van der Waals surface area contributed by atoms with Crippen molar-refractivity contribution in [1.82, 2.24) is 10.2 Å². The van der Waals surface area contributed by atoms with Crippen molar-refractivity contribution in [2.24, 2.45) is 0 Å². The number of nitrogens with zero attached hydrogens (tertiary/aromatic N) is 1. The third kappa shape index (κ3) is 5.84. The van der Waals surface area contributed by atoms with Crippen LogP contribution in [-0.2, 0) is 9.53 Å². The van der Waals surface area contributed by atoms with E-state index in [1.54, 1.807) is 0 Å². The topological polar surface area (TPSA) is 50.8 Å². The molecule has 0 saturated carbocycles. The minimum atomic E-state index is -0.0636. The maximum absolute atomic E-state index is 11.9. The van der Waals surface area contributed by atoms with Crippen LogP contribution in [-0.4, -0.2) is 56.8 Å². The highest BCUT2D eigenvalue weighted by Crippen LogP contribution is 2.24. The summed E-state index contributed by atoms with van der Waals surface area (Å²) in [7, 11) is 0. The molecule has 5 heteroatoms. The van der Waals surface area contributed by atoms with Gasteiger partial charge < -0.3 is 14.8 Å². The SMILES string of the molecule is Cc1cc(C)c(OCC(=O)NCCCN2CCOCC2)c(C)c1. The van der Waals surface area contributed by atoms with Gasteiger partial charge in [0.15, 0.2) is 6.61 Å². The molecule has 1 N–H and O–H groups in total. The molecule has 1 fully saturated rings. The molecule has 128 valence electrons. The Kier molecular flexibility index (Phi) is 6.86. The quantitative estimate of drug-likeness (QED) is 0.779. The minimum absolute atomic E-state index is 0.0636. The number of carbonyl (C=O) groups is 1. The normalized spacial score (nSPS) is 15.4. The van der Waals surface area contributed by atoms with Gasteiger partial charge in [-0.05, 0) is 44.9 Å². The van der Waals surface area contributed by atoms with E-state index in [-0.39, 0.29) is 12.5 Å². The van der Waals surface area contributed by atoms with E-state index in [4.69, 9.17) is 9.47 Å². The van der Waals surface area contributed by atoms with Crippen molar-refractivity contribution >= 4 is 5.91 Å². The van der Waals surface area contributed by atoms with E-state index in [0.717, 1.165) is 56.1 Å². The molecule has 1 heterocycles. The molecule has 2 rings (SSSR count). The number of morpholine rings is 1. The van der Waals surface area contributed by atoms with E-state index in [2.05, 4.69) is 29.3 Å². The number of carbonyl (C=O) groups excluding carboxylic acids is 1. The maximum Gasteiger partial charge on any atom is 0.257 e. The molecule has 1 saturated heterocycles. The van der Waals surface area contributed by atoms with Crippen LogP contribution in [0.1, 0.15) is 23.1 Å². The zero-order chi connectivity index (χ0) is 16.7. The van der Waals surface area contributed by atoms with Gasteiger partial charge in [-0.15, -0.1) is 0 Å². The first-order chi connectivity index (χ1) is 11.1. The van der Waals surface area contributed by atoms with Gasteiger partial charge in [0.1, 0.15) is 5.75 Å². The molecule has 0 aromatic heterocycles. The van der Waals surface area contributed by atoms with Gasteiger partial charge in [-0.2, -0.15) is 0 Å². The molecule has 5 nitrogen and oxygen atoms in total. The molecule has 1 aromatic rings. The van der Waals surface area contributed by atoms with Crippen LogP contribution in [0.2, 0.25) is 0 Å². The minimum Gasteiger partial charge on any atom is -0.483 e. The van der Waals surface area contributed by atoms with Gasteiger partial charge in [-0.3, -0.25) is 9.69 Å². The molecular weight excluding hydrogens is 292 g/mol. The van der Waals surface area contributed by atoms with Crippen LogP contribution in [0.5, 0.6) is 5.75 Å². The average molecular weight is 320 g/mol. The molecule has 0 spiro atoms. The fraction of sp³-hybridized carbons (Fsp3) is 0.611. The Morgan fingerprint density at radius 2 is 1.87 bits per heavy atom. The molecule has 0 atom stereocenters. The van der Waals surface area contributed by atoms with Crippen molar-refractivity contribution in [1.29, 1.82) is 0 Å². The van der Waals surface area contributed by atoms with Gasteiger partial charge in [0.25, 0.3) is 5.91 Å². The molecule has 23 heavy (non-hydrogen) atoms. The first-order valence-electron chi connectivity index (χ1n) is 8.33. The summed E-state index contributed by atoms with van der Waals surface area (Å²) in [4.78, 5) is 14.3. The summed E-state index contributed by atoms with van der Waals surface area (Å²) >= 11 is 0. The second kappa shape index (κ2) is 8.89. The van der Waals surface area contributed by atoms with Crippen molar-refractivity contribution in [2.75, 3.05) is 46.0 Å². The number of hydrogen-bond acceptors (Lipinski definition) is 4. The summed E-state index contributed by atoms with van der Waals surface area (Å²) in [5.74, 6) is 0.755. The summed E-state index contributed by atoms with van der Waals surface area (Å²) in [6, 6.07) is 4.14. The predicted molar refractivity (Wildman–Crippen MR) is 91.0 cm³/mol. The van der Waals surface area contributed by atoms with Crippen LogP contribution in [0.3, 0.4) is 0 Å². The molecule has 1 aliphatic rings. The third-order valence-electron chi connectivity index (χ3n) is 4.03. The standard InChI is InChI=1S/C18H28N2O3/c1-14-11-15(2)18(16(3)12-14)23-13-17(21)19-5-4-6-20-7-9-22-10-8-20/h11-12H,4-10,13H2,1-3H3,(H,19,21). The summed E-state index contributed by atoms with van der Waals surface area (Å²) in [5, 5.41) is 2.92. The first kappa shape index (κ1) is 17.8. The van der Waals surface area contributed by atoms with Crippen LogP contribution < -0.4 is 10.1 Å². The molecule has 1 aromatic carbocycles. The smallest absolute Gasteiger partial charge is 0.257 e. The fourth-order valence-corrected chi connectivity index (χ4v) is 2.94. The van der Waals surface area contributed by atoms with Crippen molar-refractivity contribution in [3.63, 3.8) is 0 Å². The number of ether oxygens (including phenoxy) is 2. The zero-order valence-electron chi connectivity index (χ0n) is 14.5. The first-order valence-corrected chi connectivity index (χ1v) is 8.33. The van der Waals surface area contributed by atoms with Gasteiger partial charge in [0.2, 0.25) is 0 Å². The van der Waals surface area contributed by atoms with Gasteiger partial charge in [-0.1, -0.05) is 17.7 Å². The Bertz CT molecular complexity index is 502. The van der Waals surface area contributed by atoms with Crippen LogP contribution in [0.15, 0.2) is 12.1 Å². The summed E-state index contributed by atoms with van der Waals surface area (Å²) < 4.78 is 11.0. The lowest BCUT2D eigenvalue weighted by Crippen LogP contribution is -2.38. The van der Waals surface area contributed by atoms with Crippen molar-refractivity contribution < 1.29 is 14.3 Å². The van der Waals surface area contributed by atoms with Gasteiger partial charge >= 0.3 is 0 Å². The Morgan fingerprint density at radius 3 is 2.52 bits per heavy atom. The maximum atomic E-state index is 11.9. The number of aryl methyl sites for hydroxylation is 3. The lowest BCUT2D eigenvalue weighted by atomic mass is 10.1. The van der Waals surface area contributed by atoms with E-state index in [1.807, 2.05) is 13.8 Å². The zero-order valence-corrected chi connectivity index (χ0v) is 14.5. The van der Waals surface area contributed by atoms with Crippen molar-refractivity contribution in [2.45, 2.75) is 27.2 Å². The highest BCUT2D eigenvalue weighted by Gasteiger charge is 2.10. The number of benzene rings is 1.